The monoisotopic (exact) mass is 518 g/mol. The molecule has 0 fully saturated rings. The van der Waals surface area contributed by atoms with E-state index >= 15 is 0 Å². The molecule has 13 nitrogen and oxygen atoms in total. The number of hydrogen-bond donors (Lipinski definition) is 6. The largest absolute Gasteiger partial charge is 0.547 e. The van der Waals surface area contributed by atoms with E-state index in [0.29, 0.717) is 18.5 Å². The van der Waals surface area contributed by atoms with Gasteiger partial charge in [-0.15, -0.1) is 11.3 Å². The molecule has 1 aliphatic rings. The minimum Gasteiger partial charge on any atom is -0.534 e. The van der Waals surface area contributed by atoms with Crippen LogP contribution in [0.5, 0.6) is 5.75 Å². The van der Waals surface area contributed by atoms with Gasteiger partial charge in [0.25, 0.3) is 5.91 Å². The van der Waals surface area contributed by atoms with Gasteiger partial charge >= 0.3 is 13.1 Å². The number of carboxylic acid groups (broad SMARTS) is 1. The van der Waals surface area contributed by atoms with Crippen molar-refractivity contribution in [3.8, 4) is 5.75 Å². The Balaban J connectivity index is 1.68. The number of hydrogen-bond acceptors (Lipinski definition) is 11. The van der Waals surface area contributed by atoms with Crippen molar-refractivity contribution in [2.24, 2.45) is 16.6 Å². The number of rotatable bonds is 11. The molecule has 15 heteroatoms. The zero-order valence-electron chi connectivity index (χ0n) is 19.5. The summed E-state index contributed by atoms with van der Waals surface area (Å²) in [6, 6.07) is 3.83. The molecule has 1 aromatic carbocycles. The Bertz CT molecular complexity index is 1140. The molecule has 2 unspecified atom stereocenters. The number of thiazole rings is 1. The minimum absolute atomic E-state index is 0.0508. The number of carbonyl (C=O) groups is 3. The van der Waals surface area contributed by atoms with Crippen LogP contribution in [0, 0.1) is 0 Å². The highest BCUT2D eigenvalue weighted by molar-refractivity contribution is 7.14. The van der Waals surface area contributed by atoms with Crippen LogP contribution in [-0.4, -0.2) is 71.4 Å². The molecular formula is C21H27BN6O7S. The second kappa shape index (κ2) is 12.4. The molecule has 3 rings (SSSR count). The number of carbonyl (C=O) groups excluding carboxylic acids is 2. The Morgan fingerprint density at radius 2 is 2.17 bits per heavy atom. The summed E-state index contributed by atoms with van der Waals surface area (Å²) in [7, 11) is -0.248. The van der Waals surface area contributed by atoms with Gasteiger partial charge in [0, 0.05) is 5.38 Å². The molecule has 0 aliphatic carbocycles. The van der Waals surface area contributed by atoms with Gasteiger partial charge in [-0.1, -0.05) is 23.7 Å². The summed E-state index contributed by atoms with van der Waals surface area (Å²) in [5.74, 6) is -3.18. The van der Waals surface area contributed by atoms with Crippen LogP contribution in [-0.2, 0) is 20.8 Å². The van der Waals surface area contributed by atoms with Crippen LogP contribution in [0.3, 0.4) is 0 Å². The highest BCUT2D eigenvalue weighted by Gasteiger charge is 2.38. The molecule has 2 atom stereocenters. The predicted molar refractivity (Wildman–Crippen MR) is 133 cm³/mol. The quantitative estimate of drug-likeness (QED) is 0.0991. The number of unbranched alkanes of at least 4 members (excludes halogenated alkanes) is 1. The van der Waals surface area contributed by atoms with Gasteiger partial charge in [0.15, 0.2) is 10.8 Å². The number of fused-ring (bicyclic) bond motifs is 1. The summed E-state index contributed by atoms with van der Waals surface area (Å²) in [5.41, 5.74) is 11.7. The van der Waals surface area contributed by atoms with Crippen LogP contribution in [0.15, 0.2) is 28.7 Å². The number of anilines is 1. The second-order valence-corrected chi connectivity index (χ2v) is 8.79. The maximum absolute atomic E-state index is 13.0. The molecule has 2 amide bonds. The number of aromatic carboxylic acids is 1. The van der Waals surface area contributed by atoms with Gasteiger partial charge in [0.2, 0.25) is 5.91 Å². The Labute approximate surface area is 211 Å². The molecule has 1 aliphatic heterocycles. The summed E-state index contributed by atoms with van der Waals surface area (Å²) in [6.45, 7) is 0.522. The SMILES string of the molecule is CON=C(C(=O)NC1Cc2cccc(C(=O)O)c2OB1O)c1csc(NC(=O)C(N)CCCCN)n1. The molecule has 0 saturated heterocycles. The highest BCUT2D eigenvalue weighted by Crippen LogP contribution is 2.30. The van der Waals surface area contributed by atoms with Crippen molar-refractivity contribution in [2.75, 3.05) is 19.0 Å². The minimum atomic E-state index is -1.50. The van der Waals surface area contributed by atoms with Crippen LogP contribution >= 0.6 is 11.3 Å². The van der Waals surface area contributed by atoms with E-state index in [-0.39, 0.29) is 34.3 Å². The van der Waals surface area contributed by atoms with Gasteiger partial charge in [-0.2, -0.15) is 0 Å². The summed E-state index contributed by atoms with van der Waals surface area (Å²) < 4.78 is 5.40. The average Bonchev–Trinajstić information content (AvgIpc) is 3.30. The van der Waals surface area contributed by atoms with E-state index in [0.717, 1.165) is 24.2 Å². The number of amides is 2. The van der Waals surface area contributed by atoms with Crippen LogP contribution in [0.2, 0.25) is 0 Å². The first-order valence-electron chi connectivity index (χ1n) is 11.1. The zero-order valence-corrected chi connectivity index (χ0v) is 20.3. The predicted octanol–water partition coefficient (Wildman–Crippen LogP) is -0.274. The topological polar surface area (TPSA) is 211 Å². The molecule has 0 saturated carbocycles. The molecular weight excluding hydrogens is 491 g/mol. The zero-order chi connectivity index (χ0) is 26.2. The normalized spacial score (nSPS) is 15.9. The Kier molecular flexibility index (Phi) is 9.35. The van der Waals surface area contributed by atoms with Gasteiger partial charge in [0.05, 0.1) is 17.5 Å². The van der Waals surface area contributed by atoms with E-state index in [1.54, 1.807) is 12.1 Å². The fraction of sp³-hybridized carbons (Fsp3) is 0.381. The summed E-state index contributed by atoms with van der Waals surface area (Å²) in [6.07, 6.45) is 2.08. The van der Waals surface area contributed by atoms with E-state index in [4.69, 9.17) is 21.0 Å². The molecule has 192 valence electrons. The summed E-state index contributed by atoms with van der Waals surface area (Å²) >= 11 is 1.07. The van der Waals surface area contributed by atoms with Crippen molar-refractivity contribution in [3.05, 3.63) is 40.4 Å². The van der Waals surface area contributed by atoms with E-state index < -0.39 is 36.9 Å². The Morgan fingerprint density at radius 3 is 2.86 bits per heavy atom. The Morgan fingerprint density at radius 1 is 1.39 bits per heavy atom. The number of para-hydroxylation sites is 1. The first kappa shape index (κ1) is 27.1. The lowest BCUT2D eigenvalue weighted by Gasteiger charge is -2.28. The summed E-state index contributed by atoms with van der Waals surface area (Å²) in [4.78, 5) is 45.7. The lowest BCUT2D eigenvalue weighted by molar-refractivity contribution is -0.117. The van der Waals surface area contributed by atoms with Crippen LogP contribution < -0.4 is 26.8 Å². The second-order valence-electron chi connectivity index (χ2n) is 7.93. The third kappa shape index (κ3) is 6.57. The highest BCUT2D eigenvalue weighted by atomic mass is 32.1. The average molecular weight is 518 g/mol. The van der Waals surface area contributed by atoms with Crippen molar-refractivity contribution in [1.29, 1.82) is 0 Å². The fourth-order valence-electron chi connectivity index (χ4n) is 3.53. The number of oxime groups is 1. The standard InChI is InChI=1S/C21H27BN6O7S/c1-34-28-16(14-10-36-21(25-14)27-18(29)13(24)7-2-3-8-23)19(30)26-15-9-11-5-4-6-12(20(31)32)17(11)35-22(15)33/h4-6,10,13,15,33H,2-3,7-9,23-24H2,1H3,(H,26,30)(H,31,32)(H,25,27,29). The van der Waals surface area contributed by atoms with Crippen LogP contribution in [0.1, 0.15) is 40.9 Å². The molecule has 1 aromatic heterocycles. The number of benzene rings is 1. The van der Waals surface area contributed by atoms with Crippen molar-refractivity contribution >= 4 is 47.1 Å². The molecule has 8 N–H and O–H groups in total. The maximum Gasteiger partial charge on any atom is 0.547 e. The number of nitrogens with zero attached hydrogens (tertiary/aromatic N) is 2. The van der Waals surface area contributed by atoms with Gasteiger partial charge in [-0.05, 0) is 37.4 Å². The molecule has 0 bridgehead atoms. The van der Waals surface area contributed by atoms with Crippen molar-refractivity contribution in [3.63, 3.8) is 0 Å². The van der Waals surface area contributed by atoms with Crippen LogP contribution in [0.4, 0.5) is 5.13 Å². The molecule has 0 spiro atoms. The molecule has 0 radical (unpaired) electrons. The van der Waals surface area contributed by atoms with Crippen molar-refractivity contribution in [1.82, 2.24) is 10.3 Å². The van der Waals surface area contributed by atoms with E-state index in [1.165, 1.54) is 18.6 Å². The van der Waals surface area contributed by atoms with Gasteiger partial charge in [-0.25, -0.2) is 9.78 Å². The maximum atomic E-state index is 13.0. The molecule has 2 heterocycles. The smallest absolute Gasteiger partial charge is 0.534 e. The number of nitrogens with two attached hydrogens (primary N) is 2. The van der Waals surface area contributed by atoms with Gasteiger partial charge in [0.1, 0.15) is 18.6 Å². The van der Waals surface area contributed by atoms with Crippen molar-refractivity contribution in [2.45, 2.75) is 37.7 Å². The third-order valence-electron chi connectivity index (χ3n) is 5.35. The van der Waals surface area contributed by atoms with E-state index in [9.17, 15) is 24.5 Å². The number of aromatic nitrogens is 1. The first-order valence-corrected chi connectivity index (χ1v) is 12.0. The Hall–Kier alpha value is -3.53. The van der Waals surface area contributed by atoms with Crippen molar-refractivity contribution < 1.29 is 34.0 Å². The third-order valence-corrected chi connectivity index (χ3v) is 6.10. The molecule has 2 aromatic rings. The lowest BCUT2D eigenvalue weighted by atomic mass is 9.72. The number of carboxylic acids is 1. The molecule has 36 heavy (non-hydrogen) atoms. The van der Waals surface area contributed by atoms with Crippen LogP contribution in [0.25, 0.3) is 0 Å². The lowest BCUT2D eigenvalue weighted by Crippen LogP contribution is -2.54. The van der Waals surface area contributed by atoms with E-state index in [2.05, 4.69) is 20.8 Å². The van der Waals surface area contributed by atoms with Gasteiger partial charge in [-0.3, -0.25) is 9.59 Å². The first-order chi connectivity index (χ1) is 17.2. The van der Waals surface area contributed by atoms with Gasteiger partial charge < -0.3 is 41.7 Å². The summed E-state index contributed by atoms with van der Waals surface area (Å²) in [5, 5.41) is 30.4. The number of nitrogens with one attached hydrogen (secondary N) is 2. The van der Waals surface area contributed by atoms with E-state index in [1.807, 2.05) is 0 Å². The fourth-order valence-corrected chi connectivity index (χ4v) is 4.22.